The molecule has 0 fully saturated rings. The first kappa shape index (κ1) is 18.4. The van der Waals surface area contributed by atoms with Crippen molar-refractivity contribution in [3.05, 3.63) is 78.1 Å². The second-order valence-corrected chi connectivity index (χ2v) is 6.26. The van der Waals surface area contributed by atoms with E-state index in [1.807, 2.05) is 68.4 Å². The Hall–Kier alpha value is -3.41. The van der Waals surface area contributed by atoms with E-state index in [2.05, 4.69) is 20.5 Å². The van der Waals surface area contributed by atoms with E-state index >= 15 is 0 Å². The minimum atomic E-state index is -0.295. The highest BCUT2D eigenvalue weighted by Gasteiger charge is 2.00. The normalized spacial score (nSPS) is 11.4. The molecule has 0 aromatic heterocycles. The van der Waals surface area contributed by atoms with Gasteiger partial charge in [0.1, 0.15) is 5.82 Å². The number of hydrogen-bond donors (Lipinski definition) is 0. The van der Waals surface area contributed by atoms with Gasteiger partial charge < -0.3 is 4.90 Å². The number of rotatable bonds is 5. The average Bonchev–Trinajstić information content (AvgIpc) is 2.67. The van der Waals surface area contributed by atoms with E-state index in [1.54, 1.807) is 12.1 Å². The number of azo groups is 2. The molecule has 3 aromatic rings. The molecule has 3 rings (SSSR count). The van der Waals surface area contributed by atoms with Crippen LogP contribution in [0.25, 0.3) is 0 Å². The molecule has 136 valence electrons. The van der Waals surface area contributed by atoms with Crippen LogP contribution in [-0.2, 0) is 0 Å². The summed E-state index contributed by atoms with van der Waals surface area (Å²) in [6, 6.07) is 19.3. The van der Waals surface area contributed by atoms with E-state index in [4.69, 9.17) is 0 Å². The lowest BCUT2D eigenvalue weighted by molar-refractivity contribution is 0.628. The summed E-state index contributed by atoms with van der Waals surface area (Å²) in [5, 5.41) is 16.9. The van der Waals surface area contributed by atoms with Gasteiger partial charge in [0.05, 0.1) is 22.7 Å². The Balaban J connectivity index is 1.71. The molecule has 0 radical (unpaired) electrons. The molecule has 0 bridgehead atoms. The molecule has 0 aliphatic rings. The third kappa shape index (κ3) is 5.04. The lowest BCUT2D eigenvalue weighted by atomic mass is 10.2. The van der Waals surface area contributed by atoms with Gasteiger partial charge in [-0.05, 0) is 79.2 Å². The van der Waals surface area contributed by atoms with Crippen LogP contribution < -0.4 is 4.90 Å². The maximum atomic E-state index is 12.9. The van der Waals surface area contributed by atoms with Gasteiger partial charge in [0.15, 0.2) is 0 Å². The molecule has 0 spiro atoms. The van der Waals surface area contributed by atoms with Crippen molar-refractivity contribution in [3.8, 4) is 0 Å². The molecule has 27 heavy (non-hydrogen) atoms. The van der Waals surface area contributed by atoms with E-state index in [1.165, 1.54) is 12.1 Å². The third-order valence-corrected chi connectivity index (χ3v) is 3.93. The van der Waals surface area contributed by atoms with Crippen LogP contribution >= 0.6 is 0 Å². The van der Waals surface area contributed by atoms with Crippen molar-refractivity contribution in [2.75, 3.05) is 19.0 Å². The number of anilines is 1. The van der Waals surface area contributed by atoms with Crippen LogP contribution in [0.2, 0.25) is 0 Å². The zero-order valence-corrected chi connectivity index (χ0v) is 15.5. The van der Waals surface area contributed by atoms with Gasteiger partial charge in [-0.2, -0.15) is 20.5 Å². The van der Waals surface area contributed by atoms with Gasteiger partial charge >= 0.3 is 0 Å². The van der Waals surface area contributed by atoms with Crippen molar-refractivity contribution in [1.29, 1.82) is 0 Å². The van der Waals surface area contributed by atoms with Crippen molar-refractivity contribution in [2.45, 2.75) is 6.92 Å². The topological polar surface area (TPSA) is 52.7 Å². The average molecular weight is 361 g/mol. The molecule has 0 saturated heterocycles. The molecule has 0 heterocycles. The van der Waals surface area contributed by atoms with Gasteiger partial charge in [-0.3, -0.25) is 0 Å². The van der Waals surface area contributed by atoms with Crippen LogP contribution in [0.1, 0.15) is 5.56 Å². The summed E-state index contributed by atoms with van der Waals surface area (Å²) in [6.45, 7) is 1.93. The molecule has 0 N–H and O–H groups in total. The number of benzene rings is 3. The fourth-order valence-corrected chi connectivity index (χ4v) is 2.37. The summed E-state index contributed by atoms with van der Waals surface area (Å²) < 4.78 is 12.9. The molecule has 5 nitrogen and oxygen atoms in total. The Morgan fingerprint density at radius 3 is 1.78 bits per heavy atom. The molecule has 0 amide bonds. The molecule has 0 aliphatic carbocycles. The summed E-state index contributed by atoms with van der Waals surface area (Å²) in [6.07, 6.45) is 0. The van der Waals surface area contributed by atoms with Crippen molar-refractivity contribution in [2.24, 2.45) is 20.5 Å². The van der Waals surface area contributed by atoms with Crippen LogP contribution in [0.3, 0.4) is 0 Å². The minimum Gasteiger partial charge on any atom is -0.378 e. The molecular formula is C21H20FN5. The van der Waals surface area contributed by atoms with Crippen molar-refractivity contribution in [1.82, 2.24) is 0 Å². The molecule has 0 aliphatic heterocycles. The van der Waals surface area contributed by atoms with Gasteiger partial charge in [-0.15, -0.1) is 0 Å². The Labute approximate surface area is 157 Å². The van der Waals surface area contributed by atoms with Crippen molar-refractivity contribution < 1.29 is 4.39 Å². The number of nitrogens with zero attached hydrogens (tertiary/aromatic N) is 5. The zero-order valence-electron chi connectivity index (χ0n) is 15.5. The van der Waals surface area contributed by atoms with Gasteiger partial charge in [-0.1, -0.05) is 0 Å². The van der Waals surface area contributed by atoms with Gasteiger partial charge in [0.25, 0.3) is 0 Å². The van der Waals surface area contributed by atoms with Crippen molar-refractivity contribution in [3.63, 3.8) is 0 Å². The largest absolute Gasteiger partial charge is 0.378 e. The van der Waals surface area contributed by atoms with Crippen LogP contribution in [0.5, 0.6) is 0 Å². The first-order chi connectivity index (χ1) is 13.0. The van der Waals surface area contributed by atoms with E-state index in [-0.39, 0.29) is 5.82 Å². The summed E-state index contributed by atoms with van der Waals surface area (Å²) in [4.78, 5) is 2.03. The van der Waals surface area contributed by atoms with Crippen LogP contribution in [0.15, 0.2) is 87.2 Å². The quantitative estimate of drug-likeness (QED) is 0.450. The molecular weight excluding hydrogens is 341 g/mol. The fourth-order valence-electron chi connectivity index (χ4n) is 2.37. The Morgan fingerprint density at radius 1 is 0.667 bits per heavy atom. The highest BCUT2D eigenvalue weighted by molar-refractivity contribution is 5.55. The van der Waals surface area contributed by atoms with Crippen molar-refractivity contribution >= 4 is 28.4 Å². The molecule has 0 saturated carbocycles. The molecule has 0 unspecified atom stereocenters. The summed E-state index contributed by atoms with van der Waals surface area (Å²) in [5.41, 5.74) is 4.90. The Kier molecular flexibility index (Phi) is 5.66. The Morgan fingerprint density at radius 2 is 1.19 bits per heavy atom. The van der Waals surface area contributed by atoms with Crippen LogP contribution in [0, 0.1) is 12.7 Å². The Bertz CT molecular complexity index is 961. The number of hydrogen-bond acceptors (Lipinski definition) is 5. The lowest BCUT2D eigenvalue weighted by Gasteiger charge is -2.11. The minimum absolute atomic E-state index is 0.295. The van der Waals surface area contributed by atoms with E-state index in [0.717, 1.165) is 28.3 Å². The fraction of sp³-hybridized carbons (Fsp3) is 0.143. The SMILES string of the molecule is Cc1cc(N=Nc2ccc(N(C)C)cc2)ccc1N=Nc1ccc(F)cc1. The highest BCUT2D eigenvalue weighted by atomic mass is 19.1. The summed E-state index contributed by atoms with van der Waals surface area (Å²) >= 11 is 0. The second kappa shape index (κ2) is 8.31. The third-order valence-electron chi connectivity index (χ3n) is 3.93. The standard InChI is InChI=1S/C21H20FN5/c1-15-14-19(25-23-18-8-11-20(12-9-18)27(2)3)10-13-21(15)26-24-17-6-4-16(22)5-7-17/h4-14H,1-3H3. The summed E-state index contributed by atoms with van der Waals surface area (Å²) in [5.74, 6) is -0.295. The predicted octanol–water partition coefficient (Wildman–Crippen LogP) is 7.03. The van der Waals surface area contributed by atoms with E-state index in [0.29, 0.717) is 5.69 Å². The van der Waals surface area contributed by atoms with Gasteiger partial charge in [0, 0.05) is 19.8 Å². The summed E-state index contributed by atoms with van der Waals surface area (Å²) in [7, 11) is 3.99. The van der Waals surface area contributed by atoms with Crippen LogP contribution in [-0.4, -0.2) is 14.1 Å². The first-order valence-corrected chi connectivity index (χ1v) is 8.48. The monoisotopic (exact) mass is 361 g/mol. The zero-order chi connectivity index (χ0) is 19.2. The number of aryl methyl sites for hydroxylation is 1. The van der Waals surface area contributed by atoms with E-state index < -0.39 is 0 Å². The lowest BCUT2D eigenvalue weighted by Crippen LogP contribution is -2.07. The molecule has 6 heteroatoms. The van der Waals surface area contributed by atoms with E-state index in [9.17, 15) is 4.39 Å². The maximum absolute atomic E-state index is 12.9. The smallest absolute Gasteiger partial charge is 0.123 e. The number of halogens is 1. The predicted molar refractivity (Wildman–Crippen MR) is 107 cm³/mol. The maximum Gasteiger partial charge on any atom is 0.123 e. The molecule has 0 atom stereocenters. The van der Waals surface area contributed by atoms with Crippen LogP contribution in [0.4, 0.5) is 32.8 Å². The molecule has 3 aromatic carbocycles. The second-order valence-electron chi connectivity index (χ2n) is 6.26. The highest BCUT2D eigenvalue weighted by Crippen LogP contribution is 2.27. The van der Waals surface area contributed by atoms with Gasteiger partial charge in [-0.25, -0.2) is 4.39 Å². The van der Waals surface area contributed by atoms with Gasteiger partial charge in [0.2, 0.25) is 0 Å². The first-order valence-electron chi connectivity index (χ1n) is 8.48.